The summed E-state index contributed by atoms with van der Waals surface area (Å²) in [5.74, 6) is 0.890. The summed E-state index contributed by atoms with van der Waals surface area (Å²) in [5.41, 5.74) is 4.34. The molecule has 2 aliphatic carbocycles. The van der Waals surface area contributed by atoms with Gasteiger partial charge in [-0.25, -0.2) is 4.68 Å². The minimum atomic E-state index is -1.14. The molecule has 2 N–H and O–H groups in total. The SMILES string of the molecule is O=C(c1ccc(C2CC3(CCCCCCCCC3)c3nncn3N2)cc1)N1CCN(C(=O)C2(O)CC2)CC1. The standard InChI is InChI=1S/C29H40N6O3/c36-25(33-16-18-34(19-17-33)27(37)29(38)14-15-29)23-10-8-22(9-11-23)24-20-28(26-31-30-21-35(26)32-24)12-6-4-2-1-3-5-7-13-28/h8-11,21,24,32,38H,1-7,12-20H2. The Hall–Kier alpha value is -2.94. The molecule has 9 nitrogen and oxygen atoms in total. The second-order valence-corrected chi connectivity index (χ2v) is 11.9. The Morgan fingerprint density at radius 2 is 1.45 bits per heavy atom. The van der Waals surface area contributed by atoms with Crippen LogP contribution in [0.3, 0.4) is 0 Å². The van der Waals surface area contributed by atoms with Crippen LogP contribution in [0.2, 0.25) is 0 Å². The van der Waals surface area contributed by atoms with Gasteiger partial charge in [-0.3, -0.25) is 9.59 Å². The van der Waals surface area contributed by atoms with E-state index in [-0.39, 0.29) is 23.3 Å². The molecule has 3 heterocycles. The van der Waals surface area contributed by atoms with Crippen molar-refractivity contribution in [2.75, 3.05) is 31.6 Å². The van der Waals surface area contributed by atoms with Crippen LogP contribution in [0.1, 0.15) is 105 Å². The highest BCUT2D eigenvalue weighted by atomic mass is 16.3. The Kier molecular flexibility index (Phi) is 6.88. The minimum Gasteiger partial charge on any atom is -0.380 e. The summed E-state index contributed by atoms with van der Waals surface area (Å²) in [7, 11) is 0. The van der Waals surface area contributed by atoms with Crippen LogP contribution in [0.15, 0.2) is 30.6 Å². The van der Waals surface area contributed by atoms with Crippen LogP contribution >= 0.6 is 0 Å². The molecule has 1 unspecified atom stereocenters. The van der Waals surface area contributed by atoms with E-state index in [0.717, 1.165) is 25.1 Å². The third-order valence-corrected chi connectivity index (χ3v) is 9.26. The molecule has 1 aromatic carbocycles. The predicted molar refractivity (Wildman–Crippen MR) is 143 cm³/mol. The fourth-order valence-electron chi connectivity index (χ4n) is 6.72. The first kappa shape index (κ1) is 25.3. The third-order valence-electron chi connectivity index (χ3n) is 9.26. The molecule has 1 saturated heterocycles. The Labute approximate surface area is 224 Å². The number of rotatable bonds is 3. The van der Waals surface area contributed by atoms with Crippen LogP contribution < -0.4 is 5.43 Å². The Morgan fingerprint density at radius 1 is 0.842 bits per heavy atom. The van der Waals surface area contributed by atoms with E-state index in [9.17, 15) is 14.7 Å². The molecule has 2 aliphatic heterocycles. The molecule has 0 radical (unpaired) electrons. The molecular formula is C29H40N6O3. The zero-order valence-electron chi connectivity index (χ0n) is 22.3. The number of nitrogens with one attached hydrogen (secondary N) is 1. The predicted octanol–water partition coefficient (Wildman–Crippen LogP) is 3.54. The summed E-state index contributed by atoms with van der Waals surface area (Å²) in [6.45, 7) is 1.93. The van der Waals surface area contributed by atoms with Crippen LogP contribution in [0.25, 0.3) is 0 Å². The monoisotopic (exact) mass is 520 g/mol. The van der Waals surface area contributed by atoms with E-state index in [1.165, 1.54) is 50.5 Å². The lowest BCUT2D eigenvalue weighted by Crippen LogP contribution is -2.53. The molecule has 2 saturated carbocycles. The minimum absolute atomic E-state index is 0.00437. The quantitative estimate of drug-likeness (QED) is 0.642. The van der Waals surface area contributed by atoms with Crippen molar-refractivity contribution >= 4 is 11.8 Å². The number of carbonyl (C=O) groups is 2. The normalized spacial score (nSPS) is 24.8. The zero-order chi connectivity index (χ0) is 26.2. The molecule has 1 atom stereocenters. The molecule has 38 heavy (non-hydrogen) atoms. The van der Waals surface area contributed by atoms with Crippen molar-refractivity contribution in [1.82, 2.24) is 24.7 Å². The summed E-state index contributed by atoms with van der Waals surface area (Å²) < 4.78 is 2.04. The van der Waals surface area contributed by atoms with Gasteiger partial charge in [-0.05, 0) is 49.8 Å². The van der Waals surface area contributed by atoms with Gasteiger partial charge in [0.05, 0.1) is 6.04 Å². The molecule has 3 fully saturated rings. The van der Waals surface area contributed by atoms with Gasteiger partial charge < -0.3 is 20.3 Å². The highest BCUT2D eigenvalue weighted by Crippen LogP contribution is 2.45. The fourth-order valence-corrected chi connectivity index (χ4v) is 6.72. The first-order valence-corrected chi connectivity index (χ1v) is 14.6. The summed E-state index contributed by atoms with van der Waals surface area (Å²) in [4.78, 5) is 29.1. The topological polar surface area (TPSA) is 104 Å². The van der Waals surface area contributed by atoms with Crippen molar-refractivity contribution in [2.24, 2.45) is 0 Å². The average molecular weight is 521 g/mol. The molecule has 2 amide bonds. The lowest BCUT2D eigenvalue weighted by molar-refractivity contribution is -0.143. The van der Waals surface area contributed by atoms with E-state index in [2.05, 4.69) is 27.8 Å². The molecule has 1 spiro atoms. The molecular weight excluding hydrogens is 480 g/mol. The van der Waals surface area contributed by atoms with Crippen LogP contribution in [0, 0.1) is 0 Å². The average Bonchev–Trinajstić information content (AvgIpc) is 3.52. The van der Waals surface area contributed by atoms with E-state index in [1.807, 2.05) is 21.7 Å². The zero-order valence-corrected chi connectivity index (χ0v) is 22.3. The number of amides is 2. The van der Waals surface area contributed by atoms with Crippen molar-refractivity contribution < 1.29 is 14.7 Å². The maximum Gasteiger partial charge on any atom is 0.254 e. The van der Waals surface area contributed by atoms with E-state index in [4.69, 9.17) is 0 Å². The number of nitrogens with zero attached hydrogens (tertiary/aromatic N) is 5. The smallest absolute Gasteiger partial charge is 0.254 e. The Morgan fingerprint density at radius 3 is 2.08 bits per heavy atom. The van der Waals surface area contributed by atoms with Gasteiger partial charge in [0.15, 0.2) is 5.82 Å². The summed E-state index contributed by atoms with van der Waals surface area (Å²) in [6, 6.07) is 8.16. The maximum absolute atomic E-state index is 13.2. The van der Waals surface area contributed by atoms with Gasteiger partial charge in [-0.1, -0.05) is 57.1 Å². The second-order valence-electron chi connectivity index (χ2n) is 11.9. The van der Waals surface area contributed by atoms with E-state index < -0.39 is 5.60 Å². The van der Waals surface area contributed by atoms with Crippen molar-refractivity contribution in [2.45, 2.75) is 94.1 Å². The molecule has 9 heteroatoms. The fraction of sp³-hybridized carbons (Fsp3) is 0.655. The molecule has 6 rings (SSSR count). The van der Waals surface area contributed by atoms with Gasteiger partial charge in [0, 0.05) is 37.2 Å². The maximum atomic E-state index is 13.2. The first-order valence-electron chi connectivity index (χ1n) is 14.6. The van der Waals surface area contributed by atoms with Crippen molar-refractivity contribution in [3.8, 4) is 0 Å². The number of carbonyl (C=O) groups excluding carboxylic acids is 2. The lowest BCUT2D eigenvalue weighted by Gasteiger charge is -2.42. The number of hydrogen-bond acceptors (Lipinski definition) is 6. The van der Waals surface area contributed by atoms with E-state index >= 15 is 0 Å². The summed E-state index contributed by atoms with van der Waals surface area (Å²) >= 11 is 0. The van der Waals surface area contributed by atoms with Gasteiger partial charge >= 0.3 is 0 Å². The molecule has 4 aliphatic rings. The van der Waals surface area contributed by atoms with Gasteiger partial charge in [0.1, 0.15) is 11.9 Å². The van der Waals surface area contributed by atoms with Crippen molar-refractivity contribution in [1.29, 1.82) is 0 Å². The summed E-state index contributed by atoms with van der Waals surface area (Å²) in [6.07, 6.45) is 15.2. The van der Waals surface area contributed by atoms with E-state index in [0.29, 0.717) is 44.6 Å². The van der Waals surface area contributed by atoms with Gasteiger partial charge in [0.2, 0.25) is 0 Å². The lowest BCUT2D eigenvalue weighted by atomic mass is 9.70. The highest BCUT2D eigenvalue weighted by molar-refractivity contribution is 5.94. The number of piperazine rings is 1. The third kappa shape index (κ3) is 4.93. The second kappa shape index (κ2) is 10.3. The molecule has 2 aromatic rings. The number of aromatic nitrogens is 3. The highest BCUT2D eigenvalue weighted by Gasteiger charge is 2.50. The van der Waals surface area contributed by atoms with Crippen LogP contribution in [0.4, 0.5) is 0 Å². The van der Waals surface area contributed by atoms with E-state index in [1.54, 1.807) is 11.2 Å². The first-order chi connectivity index (χ1) is 18.5. The van der Waals surface area contributed by atoms with Gasteiger partial charge in [-0.2, -0.15) is 0 Å². The largest absolute Gasteiger partial charge is 0.380 e. The molecule has 0 bridgehead atoms. The van der Waals surface area contributed by atoms with Gasteiger partial charge in [0.25, 0.3) is 11.8 Å². The molecule has 204 valence electrons. The van der Waals surface area contributed by atoms with Crippen molar-refractivity contribution in [3.05, 3.63) is 47.5 Å². The molecule has 1 aromatic heterocycles. The van der Waals surface area contributed by atoms with Crippen LogP contribution in [-0.2, 0) is 10.2 Å². The Balaban J connectivity index is 1.13. The van der Waals surface area contributed by atoms with Crippen LogP contribution in [-0.4, -0.2) is 73.4 Å². The van der Waals surface area contributed by atoms with Gasteiger partial charge in [-0.15, -0.1) is 10.2 Å². The van der Waals surface area contributed by atoms with Crippen LogP contribution in [0.5, 0.6) is 0 Å². The Bertz CT molecular complexity index is 1140. The number of aliphatic hydroxyl groups is 1. The number of hydrogen-bond donors (Lipinski definition) is 2. The number of benzene rings is 1. The summed E-state index contributed by atoms with van der Waals surface area (Å²) in [5, 5.41) is 19.0. The van der Waals surface area contributed by atoms with Crippen molar-refractivity contribution in [3.63, 3.8) is 0 Å². The number of fused-ring (bicyclic) bond motifs is 2.